The lowest BCUT2D eigenvalue weighted by molar-refractivity contribution is 0.186. The number of nitrogens with zero attached hydrogens (tertiary/aromatic N) is 6. The molecule has 2 aromatic carbocycles. The van der Waals surface area contributed by atoms with Crippen molar-refractivity contribution in [3.05, 3.63) is 76.1 Å². The molecule has 0 unspecified atom stereocenters. The van der Waals surface area contributed by atoms with E-state index < -0.39 is 6.04 Å². The first-order valence-corrected chi connectivity index (χ1v) is 12.6. The van der Waals surface area contributed by atoms with Gasteiger partial charge in [0, 0.05) is 42.6 Å². The number of halogens is 1. The summed E-state index contributed by atoms with van der Waals surface area (Å²) < 4.78 is 21.7. The number of anilines is 1. The van der Waals surface area contributed by atoms with Gasteiger partial charge >= 0.3 is 0 Å². The van der Waals surface area contributed by atoms with Crippen molar-refractivity contribution in [3.8, 4) is 5.75 Å². The zero-order valence-electron chi connectivity index (χ0n) is 21.6. The van der Waals surface area contributed by atoms with Crippen molar-refractivity contribution in [2.45, 2.75) is 38.8 Å². The third-order valence-corrected chi connectivity index (χ3v) is 7.42. The Morgan fingerprint density at radius 3 is 2.57 bits per heavy atom. The Bertz CT molecular complexity index is 1460. The Morgan fingerprint density at radius 2 is 1.86 bits per heavy atom. The van der Waals surface area contributed by atoms with Crippen LogP contribution in [-0.4, -0.2) is 63.4 Å². The summed E-state index contributed by atoms with van der Waals surface area (Å²) in [5, 5.41) is 13.6. The van der Waals surface area contributed by atoms with Gasteiger partial charge in [-0.05, 0) is 67.1 Å². The molecular weight excluding hydrogens is 473 g/mol. The third-order valence-electron chi connectivity index (χ3n) is 7.42. The van der Waals surface area contributed by atoms with Crippen LogP contribution in [0.25, 0.3) is 10.9 Å². The first-order chi connectivity index (χ1) is 17.8. The number of aromatic nitrogens is 5. The maximum absolute atomic E-state index is 14.5. The molecule has 0 saturated carbocycles. The molecule has 0 amide bonds. The molecule has 4 aromatic rings. The number of H-pyrrole nitrogens is 1. The number of hydrogen-bond donors (Lipinski definition) is 1. The van der Waals surface area contributed by atoms with E-state index in [2.05, 4.69) is 46.2 Å². The molecule has 9 nitrogen and oxygen atoms in total. The number of hydrogen-bond acceptors (Lipinski definition) is 7. The molecule has 1 aliphatic rings. The quantitative estimate of drug-likeness (QED) is 0.409. The van der Waals surface area contributed by atoms with Gasteiger partial charge in [0.1, 0.15) is 17.6 Å². The summed E-state index contributed by atoms with van der Waals surface area (Å²) in [5.74, 6) is 1.08. The van der Waals surface area contributed by atoms with Crippen molar-refractivity contribution in [2.75, 3.05) is 38.2 Å². The Balaban J connectivity index is 1.58. The largest absolute Gasteiger partial charge is 0.497 e. The number of ether oxygens (including phenoxy) is 1. The Labute approximate surface area is 214 Å². The fraction of sp³-hybridized carbons (Fsp3) is 0.407. The lowest BCUT2D eigenvalue weighted by atomic mass is 9.98. The lowest BCUT2D eigenvalue weighted by Crippen LogP contribution is -2.49. The average molecular weight is 506 g/mol. The van der Waals surface area contributed by atoms with E-state index in [1.54, 1.807) is 19.2 Å². The monoisotopic (exact) mass is 505 g/mol. The van der Waals surface area contributed by atoms with E-state index in [1.165, 1.54) is 6.07 Å². The molecule has 0 radical (unpaired) electrons. The first-order valence-electron chi connectivity index (χ1n) is 12.6. The van der Waals surface area contributed by atoms with Crippen molar-refractivity contribution in [1.29, 1.82) is 0 Å². The second-order valence-electron chi connectivity index (χ2n) is 10.00. The van der Waals surface area contributed by atoms with E-state index in [-0.39, 0.29) is 16.9 Å². The van der Waals surface area contributed by atoms with Gasteiger partial charge in [-0.3, -0.25) is 9.69 Å². The zero-order valence-corrected chi connectivity index (χ0v) is 21.6. The number of methoxy groups -OCH3 is 1. The Hall–Kier alpha value is -3.79. The number of piperazine rings is 1. The van der Waals surface area contributed by atoms with E-state index >= 15 is 0 Å². The minimum Gasteiger partial charge on any atom is -0.497 e. The van der Waals surface area contributed by atoms with Gasteiger partial charge in [-0.25, -0.2) is 9.07 Å². The summed E-state index contributed by atoms with van der Waals surface area (Å²) in [4.78, 5) is 20.8. The minimum atomic E-state index is -0.483. The molecule has 1 aliphatic heterocycles. The van der Waals surface area contributed by atoms with Gasteiger partial charge in [0.05, 0.1) is 18.3 Å². The van der Waals surface area contributed by atoms with Crippen LogP contribution in [0.2, 0.25) is 0 Å². The highest BCUT2D eigenvalue weighted by Crippen LogP contribution is 2.32. The lowest BCUT2D eigenvalue weighted by Gasteiger charge is -2.40. The maximum atomic E-state index is 14.5. The van der Waals surface area contributed by atoms with E-state index in [0.717, 1.165) is 17.3 Å². The van der Waals surface area contributed by atoms with Crippen molar-refractivity contribution < 1.29 is 9.13 Å². The summed E-state index contributed by atoms with van der Waals surface area (Å²) in [6.07, 6.45) is 0.810. The number of nitrogens with one attached hydrogen (secondary N) is 1. The molecule has 1 fully saturated rings. The second kappa shape index (κ2) is 9.93. The molecule has 1 N–H and O–H groups in total. The predicted molar refractivity (Wildman–Crippen MR) is 141 cm³/mol. The molecule has 0 aliphatic carbocycles. The van der Waals surface area contributed by atoms with Crippen LogP contribution >= 0.6 is 0 Å². The van der Waals surface area contributed by atoms with E-state index in [9.17, 15) is 9.18 Å². The highest BCUT2D eigenvalue weighted by Gasteiger charge is 2.36. The number of aromatic amines is 1. The highest BCUT2D eigenvalue weighted by molar-refractivity contribution is 5.80. The van der Waals surface area contributed by atoms with Gasteiger partial charge < -0.3 is 14.6 Å². The van der Waals surface area contributed by atoms with Gasteiger partial charge in [0.2, 0.25) is 0 Å². The van der Waals surface area contributed by atoms with Crippen molar-refractivity contribution >= 4 is 16.6 Å². The molecule has 0 bridgehead atoms. The number of rotatable bonds is 7. The van der Waals surface area contributed by atoms with Gasteiger partial charge in [-0.1, -0.05) is 19.1 Å². The Morgan fingerprint density at radius 1 is 1.11 bits per heavy atom. The van der Waals surface area contributed by atoms with Gasteiger partial charge in [0.25, 0.3) is 5.56 Å². The fourth-order valence-corrected chi connectivity index (χ4v) is 4.91. The van der Waals surface area contributed by atoms with Crippen molar-refractivity contribution in [3.63, 3.8) is 0 Å². The minimum absolute atomic E-state index is 0.192. The number of para-hydroxylation sites is 1. The van der Waals surface area contributed by atoms with Crippen LogP contribution in [0.4, 0.5) is 10.1 Å². The summed E-state index contributed by atoms with van der Waals surface area (Å²) >= 11 is 0. The van der Waals surface area contributed by atoms with Crippen molar-refractivity contribution in [1.82, 2.24) is 30.1 Å². The number of pyridine rings is 1. The van der Waals surface area contributed by atoms with Gasteiger partial charge in [-0.15, -0.1) is 5.10 Å². The van der Waals surface area contributed by atoms with E-state index in [1.807, 2.05) is 39.9 Å². The average Bonchev–Trinajstić information content (AvgIpc) is 3.40. The number of fused-ring (bicyclic) bond motifs is 1. The SMILES string of the molecule is CCC(C)(C)n1nnnc1[C@@H](c1cc2cc(OC)ccc2[nH]c1=O)N1CCN(c2ccccc2F)CC1. The van der Waals surface area contributed by atoms with Crippen LogP contribution in [0.5, 0.6) is 5.75 Å². The molecule has 1 saturated heterocycles. The maximum Gasteiger partial charge on any atom is 0.253 e. The van der Waals surface area contributed by atoms with Crippen LogP contribution in [0.1, 0.15) is 44.6 Å². The zero-order chi connectivity index (χ0) is 26.2. The van der Waals surface area contributed by atoms with Gasteiger partial charge in [0.15, 0.2) is 5.82 Å². The van der Waals surface area contributed by atoms with Crippen LogP contribution in [0, 0.1) is 5.82 Å². The Kier molecular flexibility index (Phi) is 6.68. The summed E-state index contributed by atoms with van der Waals surface area (Å²) in [6, 6.07) is 13.8. The van der Waals surface area contributed by atoms with E-state index in [4.69, 9.17) is 4.74 Å². The molecule has 2 aromatic heterocycles. The molecular formula is C27H32FN7O2. The molecule has 194 valence electrons. The smallest absolute Gasteiger partial charge is 0.253 e. The molecule has 3 heterocycles. The number of benzene rings is 2. The molecule has 37 heavy (non-hydrogen) atoms. The molecule has 10 heteroatoms. The third kappa shape index (κ3) is 4.69. The highest BCUT2D eigenvalue weighted by atomic mass is 19.1. The molecule has 5 rings (SSSR count). The van der Waals surface area contributed by atoms with Crippen LogP contribution in [-0.2, 0) is 5.54 Å². The van der Waals surface area contributed by atoms with Crippen LogP contribution in [0.15, 0.2) is 53.3 Å². The van der Waals surface area contributed by atoms with E-state index in [0.29, 0.717) is 49.0 Å². The molecule has 0 spiro atoms. The topological polar surface area (TPSA) is 92.2 Å². The second-order valence-corrected chi connectivity index (χ2v) is 10.00. The molecule has 1 atom stereocenters. The summed E-state index contributed by atoms with van der Waals surface area (Å²) in [6.45, 7) is 8.67. The van der Waals surface area contributed by atoms with Crippen LogP contribution < -0.4 is 15.2 Å². The summed E-state index contributed by atoms with van der Waals surface area (Å²) in [7, 11) is 1.62. The predicted octanol–water partition coefficient (Wildman–Crippen LogP) is 3.72. The number of tetrazole rings is 1. The van der Waals surface area contributed by atoms with Gasteiger partial charge in [-0.2, -0.15) is 0 Å². The normalized spacial score (nSPS) is 15.8. The van der Waals surface area contributed by atoms with Crippen LogP contribution in [0.3, 0.4) is 0 Å². The van der Waals surface area contributed by atoms with Crippen molar-refractivity contribution in [2.24, 2.45) is 0 Å². The fourth-order valence-electron chi connectivity index (χ4n) is 4.91. The standard InChI is InChI=1S/C27H32FN7O2/c1-5-27(2,3)35-25(30-31-32-35)24(20-17-18-16-19(37-4)10-11-22(18)29-26(20)36)34-14-12-33(13-15-34)23-9-7-6-8-21(23)28/h6-11,16-17,24H,5,12-15H2,1-4H3,(H,29,36)/t24-/m1/s1. The first kappa shape index (κ1) is 24.9. The summed E-state index contributed by atoms with van der Waals surface area (Å²) in [5.41, 5.74) is 1.34.